The SMILES string of the molecule is COc1ccc2c(=O)c(NC(=O)NCc3ccc(F)cc3)c[nH]c2c1. The van der Waals surface area contributed by atoms with Crippen molar-refractivity contribution in [2.45, 2.75) is 6.54 Å². The molecule has 0 aliphatic carbocycles. The van der Waals surface area contributed by atoms with Gasteiger partial charge in [-0.15, -0.1) is 0 Å². The van der Waals surface area contributed by atoms with E-state index >= 15 is 0 Å². The molecular weight excluding hydrogens is 325 g/mol. The van der Waals surface area contributed by atoms with E-state index in [1.165, 1.54) is 18.3 Å². The smallest absolute Gasteiger partial charge is 0.319 e. The van der Waals surface area contributed by atoms with Gasteiger partial charge in [0.25, 0.3) is 0 Å². The average Bonchev–Trinajstić information content (AvgIpc) is 2.63. The highest BCUT2D eigenvalue weighted by Gasteiger charge is 2.09. The average molecular weight is 341 g/mol. The molecule has 0 bridgehead atoms. The van der Waals surface area contributed by atoms with Gasteiger partial charge in [-0.1, -0.05) is 12.1 Å². The van der Waals surface area contributed by atoms with E-state index in [4.69, 9.17) is 4.74 Å². The van der Waals surface area contributed by atoms with E-state index in [-0.39, 0.29) is 23.5 Å². The number of halogens is 1. The Kier molecular flexibility index (Phi) is 4.65. The van der Waals surface area contributed by atoms with Crippen molar-refractivity contribution in [3.05, 3.63) is 70.3 Å². The number of hydrogen-bond acceptors (Lipinski definition) is 3. The van der Waals surface area contributed by atoms with Gasteiger partial charge in [0.15, 0.2) is 0 Å². The standard InChI is InChI=1S/C18H16FN3O3/c1-25-13-6-7-14-15(8-13)20-10-16(17(14)23)22-18(24)21-9-11-2-4-12(19)5-3-11/h2-8,10H,9H2,1H3,(H,20,23)(H2,21,22,24). The van der Waals surface area contributed by atoms with Crippen LogP contribution in [0.4, 0.5) is 14.9 Å². The number of rotatable bonds is 4. The fourth-order valence-corrected chi connectivity index (χ4v) is 2.37. The molecule has 2 amide bonds. The van der Waals surface area contributed by atoms with Gasteiger partial charge in [-0.3, -0.25) is 4.79 Å². The normalized spacial score (nSPS) is 10.5. The molecular formula is C18H16FN3O3. The molecule has 0 radical (unpaired) electrons. The zero-order valence-electron chi connectivity index (χ0n) is 13.4. The van der Waals surface area contributed by atoms with Gasteiger partial charge >= 0.3 is 6.03 Å². The fourth-order valence-electron chi connectivity index (χ4n) is 2.37. The third-order valence-electron chi connectivity index (χ3n) is 3.70. The fraction of sp³-hybridized carbons (Fsp3) is 0.111. The predicted octanol–water partition coefficient (Wildman–Crippen LogP) is 3.00. The molecule has 128 valence electrons. The second kappa shape index (κ2) is 7.04. The van der Waals surface area contributed by atoms with Gasteiger partial charge in [0.1, 0.15) is 17.3 Å². The van der Waals surface area contributed by atoms with Gasteiger partial charge in [-0.25, -0.2) is 9.18 Å². The molecule has 0 fully saturated rings. The Hall–Kier alpha value is -3.35. The van der Waals surface area contributed by atoms with Gasteiger partial charge in [-0.05, 0) is 29.8 Å². The maximum absolute atomic E-state index is 12.8. The molecule has 25 heavy (non-hydrogen) atoms. The molecule has 1 aromatic heterocycles. The third kappa shape index (κ3) is 3.77. The Bertz CT molecular complexity index is 967. The molecule has 0 aliphatic rings. The summed E-state index contributed by atoms with van der Waals surface area (Å²) in [6.07, 6.45) is 1.43. The van der Waals surface area contributed by atoms with Crippen molar-refractivity contribution in [1.82, 2.24) is 10.3 Å². The first-order valence-corrected chi connectivity index (χ1v) is 7.55. The summed E-state index contributed by atoms with van der Waals surface area (Å²) in [5, 5.41) is 5.57. The van der Waals surface area contributed by atoms with Crippen molar-refractivity contribution in [2.24, 2.45) is 0 Å². The Morgan fingerprint density at radius 2 is 1.96 bits per heavy atom. The second-order valence-corrected chi connectivity index (χ2v) is 5.38. The number of methoxy groups -OCH3 is 1. The number of pyridine rings is 1. The van der Waals surface area contributed by atoms with Gasteiger partial charge in [0.2, 0.25) is 5.43 Å². The molecule has 1 heterocycles. The number of H-pyrrole nitrogens is 1. The molecule has 0 saturated heterocycles. The molecule has 3 N–H and O–H groups in total. The van der Waals surface area contributed by atoms with Crippen LogP contribution in [-0.2, 0) is 6.54 Å². The van der Waals surface area contributed by atoms with E-state index in [0.29, 0.717) is 16.7 Å². The molecule has 6 nitrogen and oxygen atoms in total. The van der Waals surface area contributed by atoms with Crippen LogP contribution in [0.2, 0.25) is 0 Å². The molecule has 0 unspecified atom stereocenters. The number of ether oxygens (including phenoxy) is 1. The number of urea groups is 1. The number of aromatic amines is 1. The number of aromatic nitrogens is 1. The Morgan fingerprint density at radius 3 is 2.68 bits per heavy atom. The Morgan fingerprint density at radius 1 is 1.20 bits per heavy atom. The van der Waals surface area contributed by atoms with Crippen LogP contribution >= 0.6 is 0 Å². The van der Waals surface area contributed by atoms with E-state index in [9.17, 15) is 14.0 Å². The van der Waals surface area contributed by atoms with Crippen LogP contribution in [0.15, 0.2) is 53.5 Å². The highest BCUT2D eigenvalue weighted by atomic mass is 19.1. The number of carbonyl (C=O) groups excluding carboxylic acids is 1. The highest BCUT2D eigenvalue weighted by Crippen LogP contribution is 2.17. The zero-order valence-corrected chi connectivity index (χ0v) is 13.4. The summed E-state index contributed by atoms with van der Waals surface area (Å²) < 4.78 is 18.0. The monoisotopic (exact) mass is 341 g/mol. The maximum atomic E-state index is 12.8. The predicted molar refractivity (Wildman–Crippen MR) is 93.4 cm³/mol. The Balaban J connectivity index is 1.71. The molecule has 0 atom stereocenters. The molecule has 0 aliphatic heterocycles. The first-order chi connectivity index (χ1) is 12.1. The summed E-state index contributed by atoms with van der Waals surface area (Å²) in [4.78, 5) is 27.4. The first kappa shape index (κ1) is 16.5. The molecule has 7 heteroatoms. The Labute approximate surface area is 142 Å². The maximum Gasteiger partial charge on any atom is 0.319 e. The summed E-state index contributed by atoms with van der Waals surface area (Å²) in [6.45, 7) is 0.217. The summed E-state index contributed by atoms with van der Waals surface area (Å²) in [5.74, 6) is 0.286. The highest BCUT2D eigenvalue weighted by molar-refractivity contribution is 5.92. The quantitative estimate of drug-likeness (QED) is 0.682. The van der Waals surface area contributed by atoms with Crippen LogP contribution in [0, 0.1) is 5.82 Å². The summed E-state index contributed by atoms with van der Waals surface area (Å²) >= 11 is 0. The molecule has 2 aromatic carbocycles. The van der Waals surface area contributed by atoms with Crippen LogP contribution in [0.5, 0.6) is 5.75 Å². The lowest BCUT2D eigenvalue weighted by atomic mass is 10.2. The number of carbonyl (C=O) groups is 1. The summed E-state index contributed by atoms with van der Waals surface area (Å²) in [7, 11) is 1.54. The van der Waals surface area contributed by atoms with E-state index in [2.05, 4.69) is 15.6 Å². The third-order valence-corrected chi connectivity index (χ3v) is 3.70. The molecule has 0 spiro atoms. The van der Waals surface area contributed by atoms with Crippen molar-refractivity contribution in [1.29, 1.82) is 0 Å². The summed E-state index contributed by atoms with van der Waals surface area (Å²) in [6, 6.07) is 10.3. The van der Waals surface area contributed by atoms with Crippen LogP contribution in [-0.4, -0.2) is 18.1 Å². The number of amides is 2. The van der Waals surface area contributed by atoms with Crippen molar-refractivity contribution < 1.29 is 13.9 Å². The minimum absolute atomic E-state index is 0.134. The van der Waals surface area contributed by atoms with E-state index in [1.807, 2.05) is 0 Å². The van der Waals surface area contributed by atoms with E-state index < -0.39 is 6.03 Å². The molecule has 0 saturated carbocycles. The number of benzene rings is 2. The number of nitrogens with one attached hydrogen (secondary N) is 3. The van der Waals surface area contributed by atoms with Crippen LogP contribution in [0.25, 0.3) is 10.9 Å². The lowest BCUT2D eigenvalue weighted by Crippen LogP contribution is -2.30. The largest absolute Gasteiger partial charge is 0.497 e. The lowest BCUT2D eigenvalue weighted by molar-refractivity contribution is 0.251. The van der Waals surface area contributed by atoms with Gasteiger partial charge in [0.05, 0.1) is 12.6 Å². The van der Waals surface area contributed by atoms with Gasteiger partial charge in [-0.2, -0.15) is 0 Å². The van der Waals surface area contributed by atoms with E-state index in [1.54, 1.807) is 37.4 Å². The van der Waals surface area contributed by atoms with Crippen LogP contribution in [0.1, 0.15) is 5.56 Å². The first-order valence-electron chi connectivity index (χ1n) is 7.55. The minimum atomic E-state index is -0.525. The van der Waals surface area contributed by atoms with Crippen LogP contribution < -0.4 is 20.8 Å². The van der Waals surface area contributed by atoms with E-state index in [0.717, 1.165) is 5.56 Å². The van der Waals surface area contributed by atoms with Crippen molar-refractivity contribution in [2.75, 3.05) is 12.4 Å². The summed E-state index contributed by atoms with van der Waals surface area (Å²) in [5.41, 5.74) is 1.19. The topological polar surface area (TPSA) is 83.2 Å². The number of hydrogen-bond donors (Lipinski definition) is 3. The van der Waals surface area contributed by atoms with Crippen molar-refractivity contribution >= 4 is 22.6 Å². The number of fused-ring (bicyclic) bond motifs is 1. The number of anilines is 1. The zero-order chi connectivity index (χ0) is 17.8. The van der Waals surface area contributed by atoms with Gasteiger partial charge < -0.3 is 20.4 Å². The van der Waals surface area contributed by atoms with Crippen LogP contribution in [0.3, 0.4) is 0 Å². The molecule has 3 rings (SSSR count). The second-order valence-electron chi connectivity index (χ2n) is 5.38. The lowest BCUT2D eigenvalue weighted by Gasteiger charge is -2.09. The van der Waals surface area contributed by atoms with Crippen molar-refractivity contribution in [3.63, 3.8) is 0 Å². The minimum Gasteiger partial charge on any atom is -0.497 e. The van der Waals surface area contributed by atoms with Gasteiger partial charge in [0, 0.05) is 24.2 Å². The van der Waals surface area contributed by atoms with Crippen molar-refractivity contribution in [3.8, 4) is 5.75 Å². The molecule has 3 aromatic rings.